The molecule has 8 nitrogen and oxygen atoms in total. The molecule has 2 aromatic heterocycles. The highest BCUT2D eigenvalue weighted by atomic mass is 35.5. The Balaban J connectivity index is 1.53. The van der Waals surface area contributed by atoms with Crippen LogP contribution < -0.4 is 10.2 Å². The van der Waals surface area contributed by atoms with Gasteiger partial charge in [0.2, 0.25) is 11.8 Å². The summed E-state index contributed by atoms with van der Waals surface area (Å²) in [4.78, 5) is 36.5. The van der Waals surface area contributed by atoms with E-state index >= 15 is 0 Å². The lowest BCUT2D eigenvalue weighted by Crippen LogP contribution is -2.48. The second kappa shape index (κ2) is 9.79. The quantitative estimate of drug-likeness (QED) is 0.414. The van der Waals surface area contributed by atoms with E-state index in [1.54, 1.807) is 24.5 Å². The largest absolute Gasteiger partial charge is 0.467 e. The van der Waals surface area contributed by atoms with Gasteiger partial charge in [-0.3, -0.25) is 9.59 Å². The van der Waals surface area contributed by atoms with Gasteiger partial charge in [0.15, 0.2) is 5.16 Å². The molecule has 10 heteroatoms. The fraction of sp³-hybridized carbons (Fsp3) is 0.444. The Morgan fingerprint density at radius 3 is 2.75 bits per heavy atom. The predicted molar refractivity (Wildman–Crippen MR) is 107 cm³/mol. The van der Waals surface area contributed by atoms with Crippen molar-refractivity contribution >= 4 is 41.0 Å². The Morgan fingerprint density at radius 2 is 2.07 bits per heavy atom. The van der Waals surface area contributed by atoms with Crippen LogP contribution in [0.1, 0.15) is 19.1 Å². The molecule has 2 amide bonds. The van der Waals surface area contributed by atoms with Crippen molar-refractivity contribution in [3.05, 3.63) is 35.4 Å². The Morgan fingerprint density at radius 1 is 1.29 bits per heavy atom. The van der Waals surface area contributed by atoms with E-state index in [4.69, 9.17) is 16.0 Å². The van der Waals surface area contributed by atoms with Crippen LogP contribution in [0.4, 0.5) is 5.82 Å². The lowest BCUT2D eigenvalue weighted by atomic mass is 10.3. The van der Waals surface area contributed by atoms with Crippen LogP contribution in [0.3, 0.4) is 0 Å². The number of amides is 2. The molecule has 150 valence electrons. The maximum absolute atomic E-state index is 12.0. The molecule has 2 aromatic rings. The number of hydrogen-bond acceptors (Lipinski definition) is 7. The maximum atomic E-state index is 12.0. The number of piperazine rings is 1. The molecule has 3 heterocycles. The molecule has 1 aliphatic rings. The zero-order valence-corrected chi connectivity index (χ0v) is 17.1. The normalized spacial score (nSPS) is 14.2. The summed E-state index contributed by atoms with van der Waals surface area (Å²) in [6.45, 7) is 4.90. The van der Waals surface area contributed by atoms with Gasteiger partial charge in [-0.2, -0.15) is 0 Å². The minimum Gasteiger partial charge on any atom is -0.467 e. The SMILES string of the molecule is CCC(=O)N1CCN(c2cc(Cl)nc(SCC(=O)NCc3ccco3)n2)CC1. The molecule has 0 aliphatic carbocycles. The van der Waals surface area contributed by atoms with Crippen molar-refractivity contribution in [3.8, 4) is 0 Å². The van der Waals surface area contributed by atoms with E-state index in [1.807, 2.05) is 11.8 Å². The van der Waals surface area contributed by atoms with Crippen molar-refractivity contribution in [2.75, 3.05) is 36.8 Å². The standard InChI is InChI=1S/C18H22ClN5O3S/c1-2-17(26)24-7-5-23(6-8-24)15-10-14(19)21-18(22-15)28-12-16(25)20-11-13-4-3-9-27-13/h3-4,9-10H,2,5-8,11-12H2,1H3,(H,20,25). The van der Waals surface area contributed by atoms with Crippen molar-refractivity contribution in [2.24, 2.45) is 0 Å². The minimum atomic E-state index is -0.141. The minimum absolute atomic E-state index is 0.141. The Hall–Kier alpha value is -2.26. The Kier molecular flexibility index (Phi) is 7.16. The van der Waals surface area contributed by atoms with Crippen molar-refractivity contribution in [3.63, 3.8) is 0 Å². The van der Waals surface area contributed by atoms with E-state index in [-0.39, 0.29) is 17.6 Å². The lowest BCUT2D eigenvalue weighted by Gasteiger charge is -2.35. The molecule has 1 saturated heterocycles. The summed E-state index contributed by atoms with van der Waals surface area (Å²) in [6, 6.07) is 5.28. The number of nitrogens with one attached hydrogen (secondary N) is 1. The van der Waals surface area contributed by atoms with Gasteiger partial charge in [-0.15, -0.1) is 0 Å². The average molecular weight is 424 g/mol. The predicted octanol–water partition coefficient (Wildman–Crippen LogP) is 2.19. The number of aromatic nitrogens is 2. The summed E-state index contributed by atoms with van der Waals surface area (Å²) in [6.07, 6.45) is 2.08. The van der Waals surface area contributed by atoms with Gasteiger partial charge in [0.25, 0.3) is 0 Å². The Bertz CT molecular complexity index is 810. The summed E-state index contributed by atoms with van der Waals surface area (Å²) in [5, 5.41) is 3.56. The molecule has 0 radical (unpaired) electrons. The average Bonchev–Trinajstić information content (AvgIpc) is 3.23. The Labute approximate surface area is 172 Å². The van der Waals surface area contributed by atoms with E-state index in [1.165, 1.54) is 11.8 Å². The number of furan rings is 1. The fourth-order valence-corrected chi connectivity index (χ4v) is 3.71. The molecule has 0 saturated carbocycles. The third-order valence-corrected chi connectivity index (χ3v) is 5.33. The van der Waals surface area contributed by atoms with E-state index in [0.717, 1.165) is 0 Å². The van der Waals surface area contributed by atoms with E-state index in [9.17, 15) is 9.59 Å². The first-order valence-electron chi connectivity index (χ1n) is 9.04. The number of carbonyl (C=O) groups excluding carboxylic acids is 2. The lowest BCUT2D eigenvalue weighted by molar-refractivity contribution is -0.131. The molecule has 28 heavy (non-hydrogen) atoms. The molecule has 0 bridgehead atoms. The third-order valence-electron chi connectivity index (χ3n) is 4.29. The molecular formula is C18H22ClN5O3S. The van der Waals surface area contributed by atoms with Crippen molar-refractivity contribution in [1.82, 2.24) is 20.2 Å². The molecular weight excluding hydrogens is 402 g/mol. The van der Waals surface area contributed by atoms with Crippen LogP contribution in [0.5, 0.6) is 0 Å². The summed E-state index contributed by atoms with van der Waals surface area (Å²) in [7, 11) is 0. The van der Waals surface area contributed by atoms with Gasteiger partial charge >= 0.3 is 0 Å². The van der Waals surface area contributed by atoms with Crippen LogP contribution in [0, 0.1) is 0 Å². The molecule has 0 atom stereocenters. The van der Waals surface area contributed by atoms with E-state index in [2.05, 4.69) is 20.2 Å². The second-order valence-corrected chi connectivity index (χ2v) is 7.53. The molecule has 0 unspecified atom stereocenters. The zero-order chi connectivity index (χ0) is 19.9. The zero-order valence-electron chi connectivity index (χ0n) is 15.6. The number of anilines is 1. The van der Waals surface area contributed by atoms with Crippen molar-refractivity contribution < 1.29 is 14.0 Å². The van der Waals surface area contributed by atoms with Gasteiger partial charge in [-0.1, -0.05) is 30.3 Å². The first-order chi connectivity index (χ1) is 13.5. The molecule has 1 fully saturated rings. The van der Waals surface area contributed by atoms with E-state index < -0.39 is 0 Å². The molecule has 0 spiro atoms. The summed E-state index contributed by atoms with van der Waals surface area (Å²) in [5.41, 5.74) is 0. The van der Waals surface area contributed by atoms with Gasteiger partial charge in [0.05, 0.1) is 18.6 Å². The number of thioether (sulfide) groups is 1. The third kappa shape index (κ3) is 5.62. The van der Waals surface area contributed by atoms with Crippen LogP contribution in [-0.2, 0) is 16.1 Å². The second-order valence-electron chi connectivity index (χ2n) is 6.20. The molecule has 0 aromatic carbocycles. The summed E-state index contributed by atoms with van der Waals surface area (Å²) < 4.78 is 5.18. The van der Waals surface area contributed by atoms with Gasteiger partial charge in [-0.25, -0.2) is 9.97 Å². The van der Waals surface area contributed by atoms with Gasteiger partial charge in [0, 0.05) is 38.7 Å². The van der Waals surface area contributed by atoms with E-state index in [0.29, 0.717) is 61.0 Å². The number of rotatable bonds is 7. The van der Waals surface area contributed by atoms with Gasteiger partial charge < -0.3 is 19.5 Å². The number of halogens is 1. The molecule has 3 rings (SSSR count). The molecule has 1 aliphatic heterocycles. The first-order valence-corrected chi connectivity index (χ1v) is 10.4. The molecule has 1 N–H and O–H groups in total. The fourth-order valence-electron chi connectivity index (χ4n) is 2.80. The van der Waals surface area contributed by atoms with Crippen LogP contribution in [0.25, 0.3) is 0 Å². The first kappa shape index (κ1) is 20.5. The highest BCUT2D eigenvalue weighted by molar-refractivity contribution is 7.99. The van der Waals surface area contributed by atoms with Crippen LogP contribution >= 0.6 is 23.4 Å². The highest BCUT2D eigenvalue weighted by Gasteiger charge is 2.21. The van der Waals surface area contributed by atoms with Crippen LogP contribution in [0.2, 0.25) is 5.15 Å². The van der Waals surface area contributed by atoms with Gasteiger partial charge in [-0.05, 0) is 12.1 Å². The smallest absolute Gasteiger partial charge is 0.230 e. The van der Waals surface area contributed by atoms with Crippen molar-refractivity contribution in [2.45, 2.75) is 25.0 Å². The van der Waals surface area contributed by atoms with Crippen LogP contribution in [-0.4, -0.2) is 58.6 Å². The topological polar surface area (TPSA) is 91.6 Å². The highest BCUT2D eigenvalue weighted by Crippen LogP contribution is 2.23. The number of carbonyl (C=O) groups is 2. The van der Waals surface area contributed by atoms with Gasteiger partial charge in [0.1, 0.15) is 16.7 Å². The summed E-state index contributed by atoms with van der Waals surface area (Å²) >= 11 is 7.37. The summed E-state index contributed by atoms with van der Waals surface area (Å²) in [5.74, 6) is 1.61. The van der Waals surface area contributed by atoms with Crippen molar-refractivity contribution in [1.29, 1.82) is 0 Å². The monoisotopic (exact) mass is 423 g/mol. The number of hydrogen-bond donors (Lipinski definition) is 1. The van der Waals surface area contributed by atoms with Crippen LogP contribution in [0.15, 0.2) is 34.0 Å². The number of nitrogens with zero attached hydrogens (tertiary/aromatic N) is 4. The maximum Gasteiger partial charge on any atom is 0.230 e.